The van der Waals surface area contributed by atoms with Gasteiger partial charge in [0.05, 0.1) is 16.9 Å². The summed E-state index contributed by atoms with van der Waals surface area (Å²) in [7, 11) is -1.51. The minimum atomic E-state index is -3.10. The molecule has 2 atom stereocenters. The molecule has 0 saturated carbocycles. The number of amides is 1. The number of likely N-dealkylation sites (N-methyl/N-ethyl adjacent to an activating group) is 1. The van der Waals surface area contributed by atoms with Gasteiger partial charge in [0.1, 0.15) is 22.8 Å². The number of hydrogen-bond acceptors (Lipinski definition) is 7. The molecule has 1 aromatic heterocycles. The maximum atomic E-state index is 12.9. The molecule has 1 amide bonds. The Bertz CT molecular complexity index is 1350. The zero-order chi connectivity index (χ0) is 23.8. The lowest BCUT2D eigenvalue weighted by Crippen LogP contribution is -2.44. The molecule has 174 valence electrons. The Hall–Kier alpha value is -3.33. The zero-order valence-corrected chi connectivity index (χ0v) is 19.4. The molecule has 0 unspecified atom stereocenters. The van der Waals surface area contributed by atoms with E-state index in [2.05, 4.69) is 0 Å². The van der Waals surface area contributed by atoms with Gasteiger partial charge >= 0.3 is 0 Å². The third kappa shape index (κ3) is 4.88. The molecule has 2 aromatic carbocycles. The van der Waals surface area contributed by atoms with Crippen LogP contribution in [-0.4, -0.2) is 49.9 Å². The van der Waals surface area contributed by atoms with E-state index in [1.54, 1.807) is 51.2 Å². The van der Waals surface area contributed by atoms with Gasteiger partial charge in [0.15, 0.2) is 15.9 Å². The van der Waals surface area contributed by atoms with Gasteiger partial charge in [-0.1, -0.05) is 18.2 Å². The van der Waals surface area contributed by atoms with Gasteiger partial charge in [-0.25, -0.2) is 8.42 Å². The number of nitrogens with zero attached hydrogens (tertiary/aromatic N) is 1. The first kappa shape index (κ1) is 22.8. The third-order valence-electron chi connectivity index (χ3n) is 5.71. The van der Waals surface area contributed by atoms with Crippen LogP contribution in [0.25, 0.3) is 11.0 Å². The third-order valence-corrected chi connectivity index (χ3v) is 7.46. The summed E-state index contributed by atoms with van der Waals surface area (Å²) in [5.74, 6) is 1.05. The van der Waals surface area contributed by atoms with Crippen LogP contribution in [0.4, 0.5) is 0 Å². The molecule has 0 N–H and O–H groups in total. The number of benzene rings is 2. The summed E-state index contributed by atoms with van der Waals surface area (Å²) >= 11 is 0. The van der Waals surface area contributed by atoms with Crippen molar-refractivity contribution in [2.75, 3.05) is 18.6 Å². The van der Waals surface area contributed by atoms with Crippen molar-refractivity contribution in [3.8, 4) is 17.2 Å². The standard InChI is InChI=1S/C24H25NO7S/c1-15-23(32-18-7-5-4-6-8-18)22(26)20-10-9-19(13-21(20)31-15)30-16(2)24(27)25(3)17-11-12-33(28,29)14-17/h4-10,13,16-17H,11-12,14H2,1-3H3/t16-,17-/m0/s1. The number of rotatable bonds is 6. The number of aryl methyl sites for hydroxylation is 1. The zero-order valence-electron chi connectivity index (χ0n) is 18.6. The molecule has 0 bridgehead atoms. The van der Waals surface area contributed by atoms with Crippen LogP contribution < -0.4 is 14.9 Å². The molecule has 8 nitrogen and oxygen atoms in total. The Labute approximate surface area is 191 Å². The van der Waals surface area contributed by atoms with Crippen molar-refractivity contribution in [2.45, 2.75) is 32.4 Å². The Morgan fingerprint density at radius 3 is 2.55 bits per heavy atom. The highest BCUT2D eigenvalue weighted by Gasteiger charge is 2.34. The van der Waals surface area contributed by atoms with Crippen LogP contribution in [0.5, 0.6) is 17.2 Å². The average molecular weight is 472 g/mol. The molecule has 4 rings (SSSR count). The lowest BCUT2D eigenvalue weighted by atomic mass is 10.2. The topological polar surface area (TPSA) is 103 Å². The van der Waals surface area contributed by atoms with Gasteiger partial charge in [-0.3, -0.25) is 9.59 Å². The van der Waals surface area contributed by atoms with E-state index in [0.29, 0.717) is 34.6 Å². The van der Waals surface area contributed by atoms with Gasteiger partial charge in [0.25, 0.3) is 5.91 Å². The predicted octanol–water partition coefficient (Wildman–Crippen LogP) is 3.31. The van der Waals surface area contributed by atoms with Gasteiger partial charge in [-0.05, 0) is 44.5 Å². The molecule has 9 heteroatoms. The fourth-order valence-electron chi connectivity index (χ4n) is 3.87. The molecule has 1 aliphatic heterocycles. The van der Waals surface area contributed by atoms with Gasteiger partial charge in [0.2, 0.25) is 11.2 Å². The van der Waals surface area contributed by atoms with Gasteiger partial charge in [-0.2, -0.15) is 0 Å². The van der Waals surface area contributed by atoms with Crippen LogP contribution in [0.15, 0.2) is 57.7 Å². The van der Waals surface area contributed by atoms with E-state index in [4.69, 9.17) is 13.9 Å². The molecule has 3 aromatic rings. The first-order valence-electron chi connectivity index (χ1n) is 10.6. The maximum Gasteiger partial charge on any atom is 0.263 e. The first-order chi connectivity index (χ1) is 15.6. The Balaban J connectivity index is 1.52. The minimum Gasteiger partial charge on any atom is -0.481 e. The number of para-hydroxylation sites is 1. The van der Waals surface area contributed by atoms with Crippen LogP contribution in [-0.2, 0) is 14.6 Å². The van der Waals surface area contributed by atoms with E-state index in [9.17, 15) is 18.0 Å². The van der Waals surface area contributed by atoms with Crippen molar-refractivity contribution in [3.05, 3.63) is 64.5 Å². The molecule has 0 radical (unpaired) electrons. The van der Waals surface area contributed by atoms with Crippen LogP contribution in [0.1, 0.15) is 19.1 Å². The largest absolute Gasteiger partial charge is 0.481 e. The summed E-state index contributed by atoms with van der Waals surface area (Å²) in [6, 6.07) is 13.3. The van der Waals surface area contributed by atoms with Crippen LogP contribution >= 0.6 is 0 Å². The summed E-state index contributed by atoms with van der Waals surface area (Å²) in [5, 5.41) is 0.325. The molecule has 2 heterocycles. The van der Waals surface area contributed by atoms with Crippen molar-refractivity contribution in [1.29, 1.82) is 0 Å². The van der Waals surface area contributed by atoms with E-state index >= 15 is 0 Å². The van der Waals surface area contributed by atoms with Crippen LogP contribution in [0.2, 0.25) is 0 Å². The minimum absolute atomic E-state index is 0.0320. The van der Waals surface area contributed by atoms with Gasteiger partial charge in [0, 0.05) is 19.2 Å². The lowest BCUT2D eigenvalue weighted by Gasteiger charge is -2.26. The molecule has 1 aliphatic rings. The Morgan fingerprint density at radius 1 is 1.15 bits per heavy atom. The van der Waals surface area contributed by atoms with Crippen molar-refractivity contribution < 1.29 is 27.1 Å². The number of ether oxygens (including phenoxy) is 2. The molecular weight excluding hydrogens is 446 g/mol. The Morgan fingerprint density at radius 2 is 1.88 bits per heavy atom. The lowest BCUT2D eigenvalue weighted by molar-refractivity contribution is -0.138. The normalized spacial score (nSPS) is 18.1. The van der Waals surface area contributed by atoms with Crippen LogP contribution in [0.3, 0.4) is 0 Å². The second kappa shape index (κ2) is 8.90. The summed E-state index contributed by atoms with van der Waals surface area (Å²) in [6.45, 7) is 3.24. The van der Waals surface area contributed by atoms with E-state index < -0.39 is 15.9 Å². The monoisotopic (exact) mass is 471 g/mol. The van der Waals surface area contributed by atoms with Crippen molar-refractivity contribution in [3.63, 3.8) is 0 Å². The quantitative estimate of drug-likeness (QED) is 0.543. The summed E-state index contributed by atoms with van der Waals surface area (Å²) in [6.07, 6.45) is -0.422. The van der Waals surface area contributed by atoms with E-state index in [-0.39, 0.29) is 34.6 Å². The second-order valence-electron chi connectivity index (χ2n) is 8.16. The van der Waals surface area contributed by atoms with Crippen molar-refractivity contribution in [2.24, 2.45) is 0 Å². The molecule has 0 spiro atoms. The predicted molar refractivity (Wildman–Crippen MR) is 124 cm³/mol. The molecular formula is C24H25NO7S. The summed E-state index contributed by atoms with van der Waals surface area (Å²) in [5.41, 5.74) is 0.000700. The average Bonchev–Trinajstić information content (AvgIpc) is 3.15. The number of fused-ring (bicyclic) bond motifs is 1. The smallest absolute Gasteiger partial charge is 0.263 e. The van der Waals surface area contributed by atoms with Crippen LogP contribution in [0, 0.1) is 6.92 Å². The molecule has 0 aliphatic carbocycles. The summed E-state index contributed by atoms with van der Waals surface area (Å²) < 4.78 is 40.8. The van der Waals surface area contributed by atoms with Gasteiger partial charge < -0.3 is 18.8 Å². The van der Waals surface area contributed by atoms with Gasteiger partial charge in [-0.15, -0.1) is 0 Å². The summed E-state index contributed by atoms with van der Waals surface area (Å²) in [4.78, 5) is 27.1. The first-order valence-corrected chi connectivity index (χ1v) is 12.4. The fourth-order valence-corrected chi connectivity index (χ4v) is 5.64. The van der Waals surface area contributed by atoms with E-state index in [0.717, 1.165) is 0 Å². The van der Waals surface area contributed by atoms with Crippen molar-refractivity contribution >= 4 is 26.7 Å². The highest BCUT2D eigenvalue weighted by Crippen LogP contribution is 2.28. The number of sulfone groups is 1. The highest BCUT2D eigenvalue weighted by atomic mass is 32.2. The van der Waals surface area contributed by atoms with E-state index in [1.165, 1.54) is 4.90 Å². The number of carbonyl (C=O) groups is 1. The number of hydrogen-bond donors (Lipinski definition) is 0. The maximum absolute atomic E-state index is 12.9. The SMILES string of the molecule is Cc1oc2cc(O[C@@H](C)C(=O)N(C)[C@H]3CCS(=O)(=O)C3)ccc2c(=O)c1Oc1ccccc1. The fraction of sp³-hybridized carbons (Fsp3) is 0.333. The molecule has 33 heavy (non-hydrogen) atoms. The second-order valence-corrected chi connectivity index (χ2v) is 10.4. The van der Waals surface area contributed by atoms with E-state index in [1.807, 2.05) is 18.2 Å². The highest BCUT2D eigenvalue weighted by molar-refractivity contribution is 7.91. The molecule has 1 fully saturated rings. The molecule has 1 saturated heterocycles. The number of carbonyl (C=O) groups excluding carboxylic acids is 1. The van der Waals surface area contributed by atoms with Crippen molar-refractivity contribution in [1.82, 2.24) is 4.90 Å². The Kier molecular flexibility index (Phi) is 6.16.